The van der Waals surface area contributed by atoms with Crippen LogP contribution in [-0.4, -0.2) is 18.2 Å². The summed E-state index contributed by atoms with van der Waals surface area (Å²) in [5, 5.41) is 3.91. The summed E-state index contributed by atoms with van der Waals surface area (Å²) in [5.41, 5.74) is 6.95. The second kappa shape index (κ2) is 5.02. The van der Waals surface area contributed by atoms with Crippen LogP contribution in [0, 0.1) is 0 Å². The molecule has 1 unspecified atom stereocenters. The van der Waals surface area contributed by atoms with Gasteiger partial charge in [0.25, 0.3) is 10.0 Å². The lowest BCUT2D eigenvalue weighted by Gasteiger charge is -2.09. The second-order valence-electron chi connectivity index (χ2n) is 4.37. The molecule has 2 aromatic rings. The van der Waals surface area contributed by atoms with Crippen LogP contribution in [0.2, 0.25) is 0 Å². The van der Waals surface area contributed by atoms with Crippen molar-refractivity contribution in [2.45, 2.75) is 17.9 Å². The molecule has 0 bridgehead atoms. The zero-order valence-electron chi connectivity index (χ0n) is 10.7. The maximum Gasteiger partial charge on any atom is 0.262 e. The van der Waals surface area contributed by atoms with Gasteiger partial charge in [-0.2, -0.15) is 5.10 Å². The summed E-state index contributed by atoms with van der Waals surface area (Å²) >= 11 is 0. The molecule has 1 aromatic carbocycles. The maximum absolute atomic E-state index is 12.2. The highest BCUT2D eigenvalue weighted by Crippen LogP contribution is 2.18. The van der Waals surface area contributed by atoms with Crippen molar-refractivity contribution < 1.29 is 8.42 Å². The number of nitrogens with zero attached hydrogens (tertiary/aromatic N) is 2. The van der Waals surface area contributed by atoms with E-state index in [9.17, 15) is 8.42 Å². The molecule has 2 rings (SSSR count). The second-order valence-corrected chi connectivity index (χ2v) is 6.05. The van der Waals surface area contributed by atoms with Gasteiger partial charge < -0.3 is 5.73 Å². The van der Waals surface area contributed by atoms with Crippen molar-refractivity contribution >= 4 is 15.7 Å². The molecule has 1 heterocycles. The monoisotopic (exact) mass is 280 g/mol. The van der Waals surface area contributed by atoms with Crippen molar-refractivity contribution in [3.05, 3.63) is 42.2 Å². The Morgan fingerprint density at radius 1 is 1.42 bits per heavy atom. The molecule has 0 amide bonds. The number of hydrogen-bond donors (Lipinski definition) is 2. The molecule has 0 spiro atoms. The molecule has 0 aliphatic heterocycles. The average molecular weight is 280 g/mol. The number of hydrogen-bond acceptors (Lipinski definition) is 4. The summed E-state index contributed by atoms with van der Waals surface area (Å²) in [6, 6.07) is 6.37. The largest absolute Gasteiger partial charge is 0.324 e. The van der Waals surface area contributed by atoms with E-state index in [-0.39, 0.29) is 10.9 Å². The third-order valence-corrected chi connectivity index (χ3v) is 4.03. The van der Waals surface area contributed by atoms with Crippen molar-refractivity contribution in [2.75, 3.05) is 4.72 Å². The van der Waals surface area contributed by atoms with Crippen LogP contribution >= 0.6 is 0 Å². The number of aryl methyl sites for hydroxylation is 1. The van der Waals surface area contributed by atoms with Crippen molar-refractivity contribution in [3.8, 4) is 0 Å². The molecule has 0 aliphatic carbocycles. The Hall–Kier alpha value is -1.86. The number of nitrogens with one attached hydrogen (secondary N) is 1. The van der Waals surface area contributed by atoms with E-state index in [1.165, 1.54) is 16.9 Å². The molecule has 0 saturated heterocycles. The summed E-state index contributed by atoms with van der Waals surface area (Å²) in [5.74, 6) is 0. The van der Waals surface area contributed by atoms with Crippen LogP contribution in [0.1, 0.15) is 18.5 Å². The zero-order chi connectivity index (χ0) is 14.0. The number of aromatic nitrogens is 2. The molecule has 0 saturated carbocycles. The average Bonchev–Trinajstić information content (AvgIpc) is 2.74. The number of rotatable bonds is 4. The molecule has 0 fully saturated rings. The van der Waals surface area contributed by atoms with Gasteiger partial charge in [-0.25, -0.2) is 8.42 Å². The van der Waals surface area contributed by atoms with E-state index in [0.29, 0.717) is 5.69 Å². The Balaban J connectivity index is 2.31. The van der Waals surface area contributed by atoms with E-state index in [1.54, 1.807) is 38.4 Å². The van der Waals surface area contributed by atoms with Crippen LogP contribution in [0.3, 0.4) is 0 Å². The minimum Gasteiger partial charge on any atom is -0.324 e. The predicted molar refractivity (Wildman–Crippen MR) is 73.1 cm³/mol. The van der Waals surface area contributed by atoms with Gasteiger partial charge in [0.1, 0.15) is 0 Å². The fourth-order valence-corrected chi connectivity index (χ4v) is 2.74. The third kappa shape index (κ3) is 3.12. The molecular formula is C12H16N4O2S. The van der Waals surface area contributed by atoms with Gasteiger partial charge in [-0.15, -0.1) is 0 Å². The highest BCUT2D eigenvalue weighted by molar-refractivity contribution is 7.92. The van der Waals surface area contributed by atoms with E-state index in [2.05, 4.69) is 9.82 Å². The first kappa shape index (κ1) is 13.6. The van der Waals surface area contributed by atoms with E-state index < -0.39 is 10.0 Å². The molecule has 102 valence electrons. The van der Waals surface area contributed by atoms with Gasteiger partial charge in [-0.1, -0.05) is 12.1 Å². The third-order valence-electron chi connectivity index (χ3n) is 2.65. The van der Waals surface area contributed by atoms with E-state index in [1.807, 2.05) is 0 Å². The van der Waals surface area contributed by atoms with E-state index >= 15 is 0 Å². The first-order chi connectivity index (χ1) is 8.88. The summed E-state index contributed by atoms with van der Waals surface area (Å²) in [4.78, 5) is 0.186. The fourth-order valence-electron chi connectivity index (χ4n) is 1.65. The predicted octanol–water partition coefficient (Wildman–Crippen LogP) is 1.24. The molecule has 1 aromatic heterocycles. The normalized spacial score (nSPS) is 13.2. The first-order valence-corrected chi connectivity index (χ1v) is 7.24. The van der Waals surface area contributed by atoms with Crippen molar-refractivity contribution in [2.24, 2.45) is 12.8 Å². The lowest BCUT2D eigenvalue weighted by Crippen LogP contribution is -2.14. The highest BCUT2D eigenvalue weighted by Gasteiger charge is 2.16. The van der Waals surface area contributed by atoms with Crippen molar-refractivity contribution in [1.82, 2.24) is 9.78 Å². The maximum atomic E-state index is 12.2. The van der Waals surface area contributed by atoms with Crippen LogP contribution in [0.5, 0.6) is 0 Å². The lowest BCUT2D eigenvalue weighted by atomic mass is 10.1. The van der Waals surface area contributed by atoms with E-state index in [0.717, 1.165) is 5.56 Å². The van der Waals surface area contributed by atoms with Crippen LogP contribution in [-0.2, 0) is 17.1 Å². The summed E-state index contributed by atoms with van der Waals surface area (Å²) in [6.45, 7) is 1.81. The topological polar surface area (TPSA) is 90.0 Å². The zero-order valence-corrected chi connectivity index (χ0v) is 11.6. The Labute approximate surface area is 112 Å². The molecule has 3 N–H and O–H groups in total. The number of benzene rings is 1. The summed E-state index contributed by atoms with van der Waals surface area (Å²) in [6.07, 6.45) is 3.04. The van der Waals surface area contributed by atoms with Gasteiger partial charge in [0.05, 0.1) is 16.8 Å². The van der Waals surface area contributed by atoms with Crippen LogP contribution in [0.15, 0.2) is 41.6 Å². The Kier molecular flexibility index (Phi) is 3.59. The summed E-state index contributed by atoms with van der Waals surface area (Å²) < 4.78 is 28.4. The Bertz CT molecular complexity index is 677. The quantitative estimate of drug-likeness (QED) is 0.881. The molecule has 1 atom stereocenters. The number of anilines is 1. The Morgan fingerprint density at radius 3 is 2.74 bits per heavy atom. The van der Waals surface area contributed by atoms with Gasteiger partial charge in [-0.05, 0) is 24.6 Å². The molecule has 0 aliphatic rings. The van der Waals surface area contributed by atoms with Crippen molar-refractivity contribution in [1.29, 1.82) is 0 Å². The molecule has 6 nitrogen and oxygen atoms in total. The lowest BCUT2D eigenvalue weighted by molar-refractivity contribution is 0.601. The van der Waals surface area contributed by atoms with E-state index in [4.69, 9.17) is 5.73 Å². The molecule has 0 radical (unpaired) electrons. The van der Waals surface area contributed by atoms with Gasteiger partial charge in [0, 0.05) is 19.3 Å². The minimum absolute atomic E-state index is 0.186. The highest BCUT2D eigenvalue weighted by atomic mass is 32.2. The van der Waals surface area contributed by atoms with Gasteiger partial charge in [0.15, 0.2) is 0 Å². The minimum atomic E-state index is -3.61. The van der Waals surface area contributed by atoms with Gasteiger partial charge >= 0.3 is 0 Å². The number of sulfonamides is 1. The molecule has 19 heavy (non-hydrogen) atoms. The number of nitrogens with two attached hydrogens (primary N) is 1. The van der Waals surface area contributed by atoms with Crippen LogP contribution in [0.25, 0.3) is 0 Å². The standard InChI is InChI=1S/C12H16N4O2S/c1-9(13)10-4-3-5-12(6-10)19(17,18)15-11-7-14-16(2)8-11/h3-9,15H,13H2,1-2H3. The summed E-state index contributed by atoms with van der Waals surface area (Å²) in [7, 11) is -1.90. The van der Waals surface area contributed by atoms with Gasteiger partial charge in [-0.3, -0.25) is 9.40 Å². The van der Waals surface area contributed by atoms with Crippen LogP contribution in [0.4, 0.5) is 5.69 Å². The van der Waals surface area contributed by atoms with Crippen LogP contribution < -0.4 is 10.5 Å². The fraction of sp³-hybridized carbons (Fsp3) is 0.250. The molecule has 7 heteroatoms. The molecular weight excluding hydrogens is 264 g/mol. The Morgan fingerprint density at radius 2 is 2.16 bits per heavy atom. The SMILES string of the molecule is CC(N)c1cccc(S(=O)(=O)Nc2cnn(C)c2)c1. The van der Waals surface area contributed by atoms with Gasteiger partial charge in [0.2, 0.25) is 0 Å². The van der Waals surface area contributed by atoms with Crippen molar-refractivity contribution in [3.63, 3.8) is 0 Å². The smallest absolute Gasteiger partial charge is 0.262 e. The first-order valence-electron chi connectivity index (χ1n) is 5.75.